The number of anilines is 1. The first-order valence-electron chi connectivity index (χ1n) is 9.12. The largest absolute Gasteiger partial charge is 0.377 e. The second-order valence-corrected chi connectivity index (χ2v) is 9.14. The molecule has 2 fully saturated rings. The van der Waals surface area contributed by atoms with Gasteiger partial charge in [0.25, 0.3) is 0 Å². The molecule has 0 radical (unpaired) electrons. The van der Waals surface area contributed by atoms with Gasteiger partial charge in [0, 0.05) is 25.8 Å². The lowest BCUT2D eigenvalue weighted by Gasteiger charge is -2.40. The van der Waals surface area contributed by atoms with E-state index in [9.17, 15) is 17.6 Å². The van der Waals surface area contributed by atoms with Crippen molar-refractivity contribution >= 4 is 21.4 Å². The van der Waals surface area contributed by atoms with Crippen LogP contribution in [0.3, 0.4) is 0 Å². The summed E-state index contributed by atoms with van der Waals surface area (Å²) in [6.07, 6.45) is 5.44. The highest BCUT2D eigenvalue weighted by Crippen LogP contribution is 2.24. The molecule has 2 heterocycles. The number of rotatable bonds is 4. The van der Waals surface area contributed by atoms with Gasteiger partial charge in [-0.15, -0.1) is 0 Å². The van der Waals surface area contributed by atoms with Gasteiger partial charge in [0.15, 0.2) is 9.84 Å². The molecule has 2 saturated heterocycles. The normalized spacial score (nSPS) is 25.0. The lowest BCUT2D eigenvalue weighted by atomic mass is 9.98. The van der Waals surface area contributed by atoms with Gasteiger partial charge >= 0.3 is 0 Å². The maximum Gasteiger partial charge on any atom is 0.222 e. The van der Waals surface area contributed by atoms with Crippen LogP contribution in [0.1, 0.15) is 32.1 Å². The van der Waals surface area contributed by atoms with Gasteiger partial charge in [-0.25, -0.2) is 12.8 Å². The molecule has 1 unspecified atom stereocenters. The molecule has 2 atom stereocenters. The summed E-state index contributed by atoms with van der Waals surface area (Å²) >= 11 is 0. The lowest BCUT2D eigenvalue weighted by Crippen LogP contribution is -2.57. The van der Waals surface area contributed by atoms with Crippen molar-refractivity contribution in [3.05, 3.63) is 24.0 Å². The Kier molecular flexibility index (Phi) is 5.82. The summed E-state index contributed by atoms with van der Waals surface area (Å²) in [5.41, 5.74) is 0.262. The fourth-order valence-corrected chi connectivity index (χ4v) is 4.40. The molecule has 0 saturated carbocycles. The van der Waals surface area contributed by atoms with Crippen molar-refractivity contribution in [3.8, 4) is 0 Å². The average Bonchev–Trinajstić information content (AvgIpc) is 2.81. The molecule has 26 heavy (non-hydrogen) atoms. The number of nitrogens with zero attached hydrogens (tertiary/aromatic N) is 1. The molecule has 3 rings (SSSR count). The summed E-state index contributed by atoms with van der Waals surface area (Å²) < 4.78 is 37.6. The topological polar surface area (TPSA) is 78.5 Å². The molecule has 1 aromatic rings. The van der Waals surface area contributed by atoms with E-state index < -0.39 is 15.7 Å². The van der Waals surface area contributed by atoms with Crippen molar-refractivity contribution in [3.63, 3.8) is 0 Å². The van der Waals surface area contributed by atoms with Gasteiger partial charge in [0.2, 0.25) is 5.91 Å². The quantitative estimate of drug-likeness (QED) is 0.829. The Morgan fingerprint density at radius 1 is 1.27 bits per heavy atom. The number of hydrogen-bond acceptors (Lipinski definition) is 5. The minimum Gasteiger partial charge on any atom is -0.377 e. The molecule has 1 amide bonds. The van der Waals surface area contributed by atoms with Gasteiger partial charge in [-0.05, 0) is 44.0 Å². The van der Waals surface area contributed by atoms with Crippen LogP contribution in [0.25, 0.3) is 0 Å². The lowest BCUT2D eigenvalue weighted by molar-refractivity contribution is -0.133. The molecule has 2 N–H and O–H groups in total. The van der Waals surface area contributed by atoms with E-state index in [4.69, 9.17) is 0 Å². The van der Waals surface area contributed by atoms with Crippen LogP contribution in [0.5, 0.6) is 0 Å². The Balaban J connectivity index is 1.79. The fourth-order valence-electron chi connectivity index (χ4n) is 3.76. The minimum atomic E-state index is -3.45. The van der Waals surface area contributed by atoms with Crippen LogP contribution in [-0.2, 0) is 14.6 Å². The number of carbonyl (C=O) groups is 1. The van der Waals surface area contributed by atoms with Crippen molar-refractivity contribution in [1.82, 2.24) is 10.2 Å². The number of carbonyl (C=O) groups excluding carboxylic acids is 1. The van der Waals surface area contributed by atoms with Crippen LogP contribution < -0.4 is 10.6 Å². The zero-order valence-electron chi connectivity index (χ0n) is 15.0. The second-order valence-electron chi connectivity index (χ2n) is 7.12. The summed E-state index contributed by atoms with van der Waals surface area (Å²) in [5.74, 6) is -0.423. The molecule has 6 nitrogen and oxygen atoms in total. The number of amides is 1. The first kappa shape index (κ1) is 19.1. The van der Waals surface area contributed by atoms with E-state index in [-0.39, 0.29) is 28.6 Å². The SMILES string of the molecule is CS(=O)(=O)c1ccc(N[C@@H]2CNCCC2N2CCCCCC2=O)c(F)c1. The molecule has 0 spiro atoms. The van der Waals surface area contributed by atoms with E-state index >= 15 is 0 Å². The summed E-state index contributed by atoms with van der Waals surface area (Å²) in [7, 11) is -3.45. The van der Waals surface area contributed by atoms with Gasteiger partial charge < -0.3 is 15.5 Å². The second kappa shape index (κ2) is 7.92. The summed E-state index contributed by atoms with van der Waals surface area (Å²) in [4.78, 5) is 14.4. The number of piperidine rings is 1. The Bertz CT molecular complexity index is 769. The molecule has 144 valence electrons. The highest BCUT2D eigenvalue weighted by molar-refractivity contribution is 7.90. The van der Waals surface area contributed by atoms with Crippen molar-refractivity contribution in [2.45, 2.75) is 49.1 Å². The predicted molar refractivity (Wildman–Crippen MR) is 98.4 cm³/mol. The molecule has 0 aliphatic carbocycles. The van der Waals surface area contributed by atoms with E-state index in [1.807, 2.05) is 4.90 Å². The van der Waals surface area contributed by atoms with Crippen LogP contribution in [-0.4, -0.2) is 57.2 Å². The predicted octanol–water partition coefficient (Wildman–Crippen LogP) is 1.77. The number of benzene rings is 1. The van der Waals surface area contributed by atoms with Crippen molar-refractivity contribution in [1.29, 1.82) is 0 Å². The summed E-state index contributed by atoms with van der Waals surface area (Å²) in [5, 5.41) is 6.48. The third-order valence-electron chi connectivity index (χ3n) is 5.17. The van der Waals surface area contributed by atoms with Crippen LogP contribution >= 0.6 is 0 Å². The van der Waals surface area contributed by atoms with Gasteiger partial charge in [-0.3, -0.25) is 4.79 Å². The first-order valence-corrected chi connectivity index (χ1v) is 11.0. The molecule has 2 aliphatic heterocycles. The van der Waals surface area contributed by atoms with Crippen LogP contribution in [0.2, 0.25) is 0 Å². The highest BCUT2D eigenvalue weighted by atomic mass is 32.2. The number of sulfone groups is 1. The van der Waals surface area contributed by atoms with Crippen LogP contribution in [0, 0.1) is 5.82 Å². The Morgan fingerprint density at radius 2 is 2.08 bits per heavy atom. The molecule has 1 aromatic carbocycles. The fraction of sp³-hybridized carbons (Fsp3) is 0.611. The molecular weight excluding hydrogens is 357 g/mol. The first-order chi connectivity index (χ1) is 12.4. The van der Waals surface area contributed by atoms with Crippen molar-refractivity contribution < 1.29 is 17.6 Å². The van der Waals surface area contributed by atoms with E-state index in [1.54, 1.807) is 0 Å². The number of likely N-dealkylation sites (tertiary alicyclic amines) is 1. The Morgan fingerprint density at radius 3 is 2.81 bits per heavy atom. The average molecular weight is 383 g/mol. The number of hydrogen-bond donors (Lipinski definition) is 2. The Labute approximate surface area is 154 Å². The maximum atomic E-state index is 14.4. The van der Waals surface area contributed by atoms with Gasteiger partial charge in [-0.1, -0.05) is 6.42 Å². The third-order valence-corrected chi connectivity index (χ3v) is 6.28. The number of halogens is 1. The molecular formula is C18H26FN3O3S. The Hall–Kier alpha value is -1.67. The highest BCUT2D eigenvalue weighted by Gasteiger charge is 2.33. The molecule has 8 heteroatoms. The van der Waals surface area contributed by atoms with E-state index in [0.29, 0.717) is 13.0 Å². The zero-order valence-corrected chi connectivity index (χ0v) is 15.8. The van der Waals surface area contributed by atoms with Gasteiger partial charge in [-0.2, -0.15) is 0 Å². The molecule has 0 bridgehead atoms. The number of nitrogens with one attached hydrogen (secondary N) is 2. The minimum absolute atomic E-state index is 0.0100. The van der Waals surface area contributed by atoms with E-state index in [0.717, 1.165) is 51.1 Å². The van der Waals surface area contributed by atoms with Crippen LogP contribution in [0.4, 0.5) is 10.1 Å². The maximum absolute atomic E-state index is 14.4. The summed E-state index contributed by atoms with van der Waals surface area (Å²) in [6, 6.07) is 3.80. The van der Waals surface area contributed by atoms with E-state index in [1.165, 1.54) is 12.1 Å². The van der Waals surface area contributed by atoms with Crippen molar-refractivity contribution in [2.75, 3.05) is 31.2 Å². The monoisotopic (exact) mass is 383 g/mol. The smallest absolute Gasteiger partial charge is 0.222 e. The summed E-state index contributed by atoms with van der Waals surface area (Å²) in [6.45, 7) is 2.20. The van der Waals surface area contributed by atoms with Gasteiger partial charge in [0.1, 0.15) is 5.82 Å². The van der Waals surface area contributed by atoms with Gasteiger partial charge in [0.05, 0.1) is 22.7 Å². The van der Waals surface area contributed by atoms with E-state index in [2.05, 4.69) is 10.6 Å². The molecule has 2 aliphatic rings. The zero-order chi connectivity index (χ0) is 18.7. The standard InChI is InChI=1S/C18H26FN3O3S/c1-26(24,25)13-6-7-15(14(19)11-13)21-16-12-20-9-8-17(16)22-10-4-2-3-5-18(22)23/h6-7,11,16-17,20-21H,2-5,8-10,12H2,1H3/t16-,17?/m1/s1. The van der Waals surface area contributed by atoms with Crippen molar-refractivity contribution in [2.24, 2.45) is 0 Å². The molecule has 0 aromatic heterocycles. The van der Waals surface area contributed by atoms with Crippen LogP contribution in [0.15, 0.2) is 23.1 Å². The third kappa shape index (κ3) is 4.35.